The number of benzene rings is 3. The molecule has 45 heavy (non-hydrogen) atoms. The number of nitrogens with zero attached hydrogens (tertiary/aromatic N) is 2. The maximum atomic E-state index is 14.9. The zero-order valence-electron chi connectivity index (χ0n) is 25.5. The molecule has 2 aliphatic heterocycles. The topological polar surface area (TPSA) is 92.1 Å². The number of piperazine rings is 1. The number of rotatable bonds is 7. The number of Topliss-reactive ketones (excluding diaryl/α,β-unsaturated/α-hetero) is 1. The number of halogens is 1. The molecule has 2 aliphatic rings. The highest BCUT2D eigenvalue weighted by atomic mass is 19.1. The van der Waals surface area contributed by atoms with E-state index in [4.69, 9.17) is 9.15 Å². The molecule has 1 aromatic heterocycles. The number of hydrogen-bond acceptors (Lipinski definition) is 6. The summed E-state index contributed by atoms with van der Waals surface area (Å²) in [5.41, 5.74) is 2.10. The molecule has 4 unspecified atom stereocenters. The number of amides is 2. The quantitative estimate of drug-likeness (QED) is 0.285. The number of aryl methyl sites for hydroxylation is 2. The summed E-state index contributed by atoms with van der Waals surface area (Å²) in [6, 6.07) is 21.9. The molecule has 9 heteroatoms. The molecule has 2 amide bonds. The second-order valence-electron chi connectivity index (χ2n) is 11.6. The first-order valence-corrected chi connectivity index (χ1v) is 15.2. The summed E-state index contributed by atoms with van der Waals surface area (Å²) in [5.74, 6) is -1.24. The van der Waals surface area contributed by atoms with Crippen LogP contribution in [0.1, 0.15) is 55.3 Å². The van der Waals surface area contributed by atoms with Crippen LogP contribution in [-0.4, -0.2) is 66.7 Å². The van der Waals surface area contributed by atoms with Crippen molar-refractivity contribution >= 4 is 17.6 Å². The Balaban J connectivity index is 1.61. The molecule has 0 aliphatic carbocycles. The Morgan fingerprint density at radius 3 is 2.16 bits per heavy atom. The summed E-state index contributed by atoms with van der Waals surface area (Å²) >= 11 is 0. The SMILES string of the molecule is COc1ccc(C2C(C(=O)c3cc(C)oc3C)C(c3ccccc3)N(C(=O)c3ccc(F)cc3)C2C(=O)N2CCNCC2)cc1. The van der Waals surface area contributed by atoms with E-state index in [0.717, 1.165) is 11.1 Å². The van der Waals surface area contributed by atoms with Gasteiger partial charge < -0.3 is 24.3 Å². The van der Waals surface area contributed by atoms with Gasteiger partial charge in [0.1, 0.15) is 29.1 Å². The molecular formula is C36H36FN3O5. The van der Waals surface area contributed by atoms with Crippen molar-refractivity contribution in [3.63, 3.8) is 0 Å². The molecule has 2 saturated heterocycles. The predicted molar refractivity (Wildman–Crippen MR) is 167 cm³/mol. The standard InChI is InChI=1S/C36H36FN3O5/c1-22-21-29(23(2)45-22)34(41)31-30(24-11-15-28(44-3)16-12-24)33(36(43)39-19-17-38-18-20-39)40(32(31)25-7-5-4-6-8-25)35(42)26-9-13-27(37)14-10-26/h4-16,21,30-33,38H,17-20H2,1-3H3. The predicted octanol–water partition coefficient (Wildman–Crippen LogP) is 5.32. The third-order valence-corrected chi connectivity index (χ3v) is 8.92. The number of furan rings is 1. The molecule has 1 N–H and O–H groups in total. The van der Waals surface area contributed by atoms with Gasteiger partial charge in [-0.15, -0.1) is 0 Å². The summed E-state index contributed by atoms with van der Waals surface area (Å²) in [6.45, 7) is 5.72. The number of ether oxygens (including phenoxy) is 1. The van der Waals surface area contributed by atoms with E-state index in [1.165, 1.54) is 24.3 Å². The normalized spacial score (nSPS) is 21.5. The van der Waals surface area contributed by atoms with Crippen LogP contribution in [0.3, 0.4) is 0 Å². The maximum absolute atomic E-state index is 14.9. The summed E-state index contributed by atoms with van der Waals surface area (Å²) in [7, 11) is 1.58. The molecule has 8 nitrogen and oxygen atoms in total. The van der Waals surface area contributed by atoms with E-state index in [2.05, 4.69) is 5.32 Å². The van der Waals surface area contributed by atoms with Crippen molar-refractivity contribution in [2.24, 2.45) is 5.92 Å². The second kappa shape index (κ2) is 12.7. The monoisotopic (exact) mass is 609 g/mol. The van der Waals surface area contributed by atoms with Crippen molar-refractivity contribution in [2.75, 3.05) is 33.3 Å². The van der Waals surface area contributed by atoms with Crippen LogP contribution in [0.25, 0.3) is 0 Å². The highest BCUT2D eigenvalue weighted by Gasteiger charge is 2.58. The number of methoxy groups -OCH3 is 1. The summed E-state index contributed by atoms with van der Waals surface area (Å²) in [5, 5.41) is 3.28. The summed E-state index contributed by atoms with van der Waals surface area (Å²) in [4.78, 5) is 47.6. The molecule has 232 valence electrons. The van der Waals surface area contributed by atoms with Crippen molar-refractivity contribution in [3.05, 3.63) is 125 Å². The van der Waals surface area contributed by atoms with Gasteiger partial charge in [0, 0.05) is 37.7 Å². The van der Waals surface area contributed by atoms with Gasteiger partial charge in [-0.05, 0) is 67.4 Å². The molecule has 2 fully saturated rings. The van der Waals surface area contributed by atoms with Crippen LogP contribution in [0.5, 0.6) is 5.75 Å². The van der Waals surface area contributed by atoms with Crippen LogP contribution in [0, 0.1) is 25.6 Å². The van der Waals surface area contributed by atoms with Crippen molar-refractivity contribution < 1.29 is 27.9 Å². The lowest BCUT2D eigenvalue weighted by atomic mass is 9.76. The van der Waals surface area contributed by atoms with Crippen molar-refractivity contribution in [3.8, 4) is 5.75 Å². The molecule has 0 radical (unpaired) electrons. The number of hydrogen-bond donors (Lipinski definition) is 1. The van der Waals surface area contributed by atoms with Crippen molar-refractivity contribution in [2.45, 2.75) is 31.8 Å². The first-order valence-electron chi connectivity index (χ1n) is 15.2. The first-order chi connectivity index (χ1) is 21.8. The number of carbonyl (C=O) groups is 3. The average Bonchev–Trinajstić information content (AvgIpc) is 3.61. The first kappa shape index (κ1) is 30.3. The molecule has 4 atom stereocenters. The zero-order chi connectivity index (χ0) is 31.7. The molecule has 6 rings (SSSR count). The van der Waals surface area contributed by atoms with E-state index in [9.17, 15) is 18.8 Å². The highest BCUT2D eigenvalue weighted by molar-refractivity contribution is 6.04. The molecule has 3 aromatic carbocycles. The van der Waals surface area contributed by atoms with Gasteiger partial charge in [-0.1, -0.05) is 42.5 Å². The lowest BCUT2D eigenvalue weighted by molar-refractivity contribution is -0.136. The fourth-order valence-corrected chi connectivity index (χ4v) is 6.85. The Labute approximate surface area is 261 Å². The smallest absolute Gasteiger partial charge is 0.255 e. The van der Waals surface area contributed by atoms with Crippen LogP contribution >= 0.6 is 0 Å². The van der Waals surface area contributed by atoms with Crippen LogP contribution in [0.4, 0.5) is 4.39 Å². The van der Waals surface area contributed by atoms with Gasteiger partial charge in [0.15, 0.2) is 5.78 Å². The minimum absolute atomic E-state index is 0.216. The number of ketones is 1. The molecule has 4 aromatic rings. The van der Waals surface area contributed by atoms with Gasteiger partial charge in [0.2, 0.25) is 5.91 Å². The number of carbonyl (C=O) groups excluding carboxylic acids is 3. The Morgan fingerprint density at radius 1 is 0.889 bits per heavy atom. The van der Waals surface area contributed by atoms with Gasteiger partial charge in [-0.3, -0.25) is 14.4 Å². The van der Waals surface area contributed by atoms with E-state index in [1.807, 2.05) is 42.5 Å². The van der Waals surface area contributed by atoms with Gasteiger partial charge in [-0.25, -0.2) is 4.39 Å². The lowest BCUT2D eigenvalue weighted by Crippen LogP contribution is -2.54. The maximum Gasteiger partial charge on any atom is 0.255 e. The van der Waals surface area contributed by atoms with E-state index in [-0.39, 0.29) is 17.3 Å². The van der Waals surface area contributed by atoms with E-state index < -0.39 is 35.6 Å². The Kier molecular flexibility index (Phi) is 8.54. The molecule has 0 bridgehead atoms. The number of likely N-dealkylation sites (tertiary alicyclic amines) is 1. The molecular weight excluding hydrogens is 573 g/mol. The molecule has 3 heterocycles. The fraction of sp³-hybridized carbons (Fsp3) is 0.306. The van der Waals surface area contributed by atoms with Crippen molar-refractivity contribution in [1.29, 1.82) is 0 Å². The van der Waals surface area contributed by atoms with Crippen LogP contribution in [-0.2, 0) is 4.79 Å². The minimum atomic E-state index is -1.03. The van der Waals surface area contributed by atoms with Gasteiger partial charge in [0.25, 0.3) is 5.91 Å². The fourth-order valence-electron chi connectivity index (χ4n) is 6.85. The second-order valence-corrected chi connectivity index (χ2v) is 11.6. The molecule has 0 spiro atoms. The van der Waals surface area contributed by atoms with E-state index in [0.29, 0.717) is 49.0 Å². The van der Waals surface area contributed by atoms with Crippen molar-refractivity contribution in [1.82, 2.24) is 15.1 Å². The Bertz CT molecular complexity index is 1680. The third kappa shape index (κ3) is 5.76. The minimum Gasteiger partial charge on any atom is -0.497 e. The summed E-state index contributed by atoms with van der Waals surface area (Å²) in [6.07, 6.45) is 0. The third-order valence-electron chi connectivity index (χ3n) is 8.92. The van der Waals surface area contributed by atoms with Crippen LogP contribution in [0.15, 0.2) is 89.3 Å². The number of nitrogens with one attached hydrogen (secondary N) is 1. The Hall–Kier alpha value is -4.76. The van der Waals surface area contributed by atoms with Gasteiger partial charge >= 0.3 is 0 Å². The van der Waals surface area contributed by atoms with Gasteiger partial charge in [0.05, 0.1) is 24.6 Å². The van der Waals surface area contributed by atoms with E-state index in [1.54, 1.807) is 49.0 Å². The largest absolute Gasteiger partial charge is 0.497 e. The molecule has 0 saturated carbocycles. The van der Waals surface area contributed by atoms with Gasteiger partial charge in [-0.2, -0.15) is 0 Å². The Morgan fingerprint density at radius 2 is 1.56 bits per heavy atom. The average molecular weight is 610 g/mol. The van der Waals surface area contributed by atoms with Crippen LogP contribution < -0.4 is 10.1 Å². The van der Waals surface area contributed by atoms with E-state index >= 15 is 0 Å². The zero-order valence-corrected chi connectivity index (χ0v) is 25.5. The summed E-state index contributed by atoms with van der Waals surface area (Å²) < 4.78 is 25.2. The highest BCUT2D eigenvalue weighted by Crippen LogP contribution is 2.52. The lowest BCUT2D eigenvalue weighted by Gasteiger charge is -2.36. The van der Waals surface area contributed by atoms with Crippen LogP contribution in [0.2, 0.25) is 0 Å².